The molecule has 0 saturated heterocycles. The van der Waals surface area contributed by atoms with Crippen LogP contribution in [0.15, 0.2) is 0 Å². The Hall–Kier alpha value is 0.507. The minimum absolute atomic E-state index is 0.210. The molecule has 0 saturated carbocycles. The molecule has 0 bridgehead atoms. The van der Waals surface area contributed by atoms with E-state index in [9.17, 15) is 0 Å². The van der Waals surface area contributed by atoms with Crippen molar-refractivity contribution in [3.05, 3.63) is 0 Å². The zero-order chi connectivity index (χ0) is 6.41. The molecule has 0 N–H and O–H groups in total. The molecule has 0 aliphatic heterocycles. The summed E-state index contributed by atoms with van der Waals surface area (Å²) in [6.07, 6.45) is 4.03. The van der Waals surface area contributed by atoms with Gasteiger partial charge in [-0.3, -0.25) is 0 Å². The first-order valence-electron chi connectivity index (χ1n) is 3.37. The Labute approximate surface area is 59.1 Å². The molecule has 0 spiro atoms. The third-order valence-electron chi connectivity index (χ3n) is 1.31. The topological polar surface area (TPSA) is 0 Å². The number of hydrogen-bond acceptors (Lipinski definition) is 0. The van der Waals surface area contributed by atoms with Gasteiger partial charge in [0, 0.05) is 0 Å². The second kappa shape index (κ2) is 5.64. The summed E-state index contributed by atoms with van der Waals surface area (Å²) in [5.74, 6) is 0. The van der Waals surface area contributed by atoms with E-state index in [0.29, 0.717) is 0 Å². The highest BCUT2D eigenvalue weighted by molar-refractivity contribution is 6.94. The molecule has 0 heterocycles. The molecule has 0 aliphatic carbocycles. The van der Waals surface area contributed by atoms with Crippen LogP contribution >= 0.6 is 11.1 Å². The molecular formula is C6H15ClSi. The van der Waals surface area contributed by atoms with E-state index in [4.69, 9.17) is 11.1 Å². The smallest absolute Gasteiger partial charge is 0.128 e. The molecule has 0 rings (SSSR count). The zero-order valence-electron chi connectivity index (χ0n) is 5.78. The van der Waals surface area contributed by atoms with E-state index in [-0.39, 0.29) is 8.83 Å². The Balaban J connectivity index is 2.86. The van der Waals surface area contributed by atoms with E-state index in [1.54, 1.807) is 0 Å². The van der Waals surface area contributed by atoms with E-state index in [1.165, 1.54) is 19.3 Å². The molecule has 0 amide bonds. The fraction of sp³-hybridized carbons (Fsp3) is 1.00. The summed E-state index contributed by atoms with van der Waals surface area (Å²) in [6, 6.07) is 0. The molecule has 8 heavy (non-hydrogen) atoms. The molecule has 0 aliphatic rings. The Morgan fingerprint density at radius 1 is 1.62 bits per heavy atom. The number of unbranched alkanes of at least 4 members (excludes halogenated alkanes) is 1. The zero-order valence-corrected chi connectivity index (χ0v) is 7.95. The van der Waals surface area contributed by atoms with Crippen molar-refractivity contribution in [3.63, 3.8) is 0 Å². The molecule has 0 fully saturated rings. The van der Waals surface area contributed by atoms with Crippen LogP contribution in [0.2, 0.25) is 5.54 Å². The summed E-state index contributed by atoms with van der Waals surface area (Å²) in [5.41, 5.74) is 0.858. The second-order valence-electron chi connectivity index (χ2n) is 2.40. The van der Waals surface area contributed by atoms with Crippen molar-refractivity contribution >= 4 is 19.9 Å². The number of halogens is 1. The molecule has 0 radical (unpaired) electrons. The standard InChI is InChI=1S/C6H15ClSi/c1-3-4-5-6(2)8-7/h6H,3-5,8H2,1-2H3. The van der Waals surface area contributed by atoms with Crippen LogP contribution in [-0.4, -0.2) is 8.83 Å². The van der Waals surface area contributed by atoms with Crippen LogP contribution in [-0.2, 0) is 0 Å². The van der Waals surface area contributed by atoms with Crippen LogP contribution in [0, 0.1) is 0 Å². The fourth-order valence-electron chi connectivity index (χ4n) is 0.630. The lowest BCUT2D eigenvalue weighted by Gasteiger charge is -2.02. The lowest BCUT2D eigenvalue weighted by Crippen LogP contribution is -1.90. The second-order valence-corrected chi connectivity index (χ2v) is 5.03. The van der Waals surface area contributed by atoms with Gasteiger partial charge in [0.2, 0.25) is 0 Å². The summed E-state index contributed by atoms with van der Waals surface area (Å²) in [4.78, 5) is 0. The SMILES string of the molecule is CCCCC(C)[SiH2]Cl. The third-order valence-corrected chi connectivity index (χ3v) is 3.83. The van der Waals surface area contributed by atoms with Gasteiger partial charge >= 0.3 is 0 Å². The van der Waals surface area contributed by atoms with E-state index < -0.39 is 0 Å². The third kappa shape index (κ3) is 4.66. The van der Waals surface area contributed by atoms with E-state index in [2.05, 4.69) is 13.8 Å². The Bertz CT molecular complexity index is 47.8. The predicted octanol–water partition coefficient (Wildman–Crippen LogP) is 2.31. The number of hydrogen-bond donors (Lipinski definition) is 0. The van der Waals surface area contributed by atoms with E-state index in [1.807, 2.05) is 0 Å². The first kappa shape index (κ1) is 8.51. The Morgan fingerprint density at radius 2 is 2.25 bits per heavy atom. The van der Waals surface area contributed by atoms with Gasteiger partial charge in [0.1, 0.15) is 8.83 Å². The minimum atomic E-state index is -0.210. The van der Waals surface area contributed by atoms with Gasteiger partial charge in [0.05, 0.1) is 0 Å². The predicted molar refractivity (Wildman–Crippen MR) is 43.3 cm³/mol. The highest BCUT2D eigenvalue weighted by atomic mass is 35.6. The molecule has 0 aromatic rings. The lowest BCUT2D eigenvalue weighted by molar-refractivity contribution is 0.699. The molecule has 0 aromatic heterocycles. The van der Waals surface area contributed by atoms with Gasteiger partial charge in [0.15, 0.2) is 0 Å². The summed E-state index contributed by atoms with van der Waals surface area (Å²) >= 11 is 5.73. The molecular weight excluding hydrogens is 136 g/mol. The van der Waals surface area contributed by atoms with Gasteiger partial charge in [-0.25, -0.2) is 0 Å². The van der Waals surface area contributed by atoms with Crippen LogP contribution in [0.1, 0.15) is 33.1 Å². The van der Waals surface area contributed by atoms with Crippen LogP contribution in [0.5, 0.6) is 0 Å². The van der Waals surface area contributed by atoms with E-state index in [0.717, 1.165) is 5.54 Å². The van der Waals surface area contributed by atoms with Crippen molar-refractivity contribution in [2.24, 2.45) is 0 Å². The Morgan fingerprint density at radius 3 is 2.62 bits per heavy atom. The fourth-order valence-corrected chi connectivity index (χ4v) is 1.54. The first-order valence-corrected chi connectivity index (χ1v) is 6.32. The van der Waals surface area contributed by atoms with Crippen molar-refractivity contribution in [3.8, 4) is 0 Å². The van der Waals surface area contributed by atoms with Gasteiger partial charge < -0.3 is 0 Å². The largest absolute Gasteiger partial charge is 0.176 e. The van der Waals surface area contributed by atoms with Crippen LogP contribution < -0.4 is 0 Å². The maximum Gasteiger partial charge on any atom is 0.128 e. The summed E-state index contributed by atoms with van der Waals surface area (Å²) < 4.78 is 0. The average Bonchev–Trinajstić information content (AvgIpc) is 1.83. The average molecular weight is 151 g/mol. The van der Waals surface area contributed by atoms with Gasteiger partial charge in [-0.1, -0.05) is 33.1 Å². The first-order chi connectivity index (χ1) is 3.81. The van der Waals surface area contributed by atoms with Crippen LogP contribution in [0.3, 0.4) is 0 Å². The monoisotopic (exact) mass is 150 g/mol. The van der Waals surface area contributed by atoms with Gasteiger partial charge in [-0.05, 0) is 5.54 Å². The van der Waals surface area contributed by atoms with Crippen molar-refractivity contribution in [1.82, 2.24) is 0 Å². The normalized spacial score (nSPS) is 15.4. The van der Waals surface area contributed by atoms with Crippen LogP contribution in [0.25, 0.3) is 0 Å². The summed E-state index contributed by atoms with van der Waals surface area (Å²) in [6.45, 7) is 4.48. The maximum absolute atomic E-state index is 5.73. The molecule has 50 valence electrons. The molecule has 2 heteroatoms. The molecule has 0 nitrogen and oxygen atoms in total. The van der Waals surface area contributed by atoms with Crippen LogP contribution in [0.4, 0.5) is 0 Å². The van der Waals surface area contributed by atoms with Crippen molar-refractivity contribution < 1.29 is 0 Å². The van der Waals surface area contributed by atoms with Gasteiger partial charge in [0.25, 0.3) is 0 Å². The van der Waals surface area contributed by atoms with Gasteiger partial charge in [-0.2, -0.15) is 11.1 Å². The highest BCUT2D eigenvalue weighted by Gasteiger charge is 1.97. The summed E-state index contributed by atoms with van der Waals surface area (Å²) in [7, 11) is -0.210. The Kier molecular flexibility index (Phi) is 6.00. The molecule has 1 unspecified atom stereocenters. The van der Waals surface area contributed by atoms with E-state index >= 15 is 0 Å². The van der Waals surface area contributed by atoms with Crippen molar-refractivity contribution in [2.45, 2.75) is 38.7 Å². The molecule has 1 atom stereocenters. The van der Waals surface area contributed by atoms with Crippen molar-refractivity contribution in [2.75, 3.05) is 0 Å². The molecule has 0 aromatic carbocycles. The lowest BCUT2D eigenvalue weighted by atomic mass is 10.2. The van der Waals surface area contributed by atoms with Crippen molar-refractivity contribution in [1.29, 1.82) is 0 Å². The highest BCUT2D eigenvalue weighted by Crippen LogP contribution is 2.12. The quantitative estimate of drug-likeness (QED) is 0.426. The minimum Gasteiger partial charge on any atom is -0.176 e. The van der Waals surface area contributed by atoms with Gasteiger partial charge in [-0.15, -0.1) is 0 Å². The summed E-state index contributed by atoms with van der Waals surface area (Å²) in [5, 5.41) is 0. The maximum atomic E-state index is 5.73. The number of rotatable bonds is 4.